The number of carbonyl (C=O) groups is 1. The molecule has 0 unspecified atom stereocenters. The Morgan fingerprint density at radius 1 is 1.45 bits per heavy atom. The fourth-order valence-corrected chi connectivity index (χ4v) is 2.99. The molecule has 20 heavy (non-hydrogen) atoms. The SMILES string of the molecule is O=C(Nc1cncc(C(F)(F)F)c1)[C@]12CC[C@H]1CNC2. The van der Waals surface area contributed by atoms with Crippen LogP contribution in [-0.4, -0.2) is 24.0 Å². The Morgan fingerprint density at radius 3 is 2.85 bits per heavy atom. The number of rotatable bonds is 2. The third kappa shape index (κ3) is 2.06. The first kappa shape index (κ1) is 13.4. The number of alkyl halides is 3. The van der Waals surface area contributed by atoms with Crippen LogP contribution >= 0.6 is 0 Å². The van der Waals surface area contributed by atoms with E-state index in [0.717, 1.165) is 31.6 Å². The predicted molar refractivity (Wildman–Crippen MR) is 65.9 cm³/mol. The standard InChI is InChI=1S/C13H14F3N3O/c14-13(15,16)9-3-10(6-17-5-9)19-11(20)12-2-1-8(12)4-18-7-12/h3,5-6,8,18H,1-2,4,7H2,(H,19,20)/t8-,12-/m0/s1. The molecule has 0 radical (unpaired) electrons. The van der Waals surface area contributed by atoms with Crippen LogP contribution in [0, 0.1) is 11.3 Å². The quantitative estimate of drug-likeness (QED) is 0.874. The van der Waals surface area contributed by atoms with Crippen molar-refractivity contribution in [3.05, 3.63) is 24.0 Å². The number of anilines is 1. The molecule has 2 atom stereocenters. The van der Waals surface area contributed by atoms with Gasteiger partial charge in [0.15, 0.2) is 0 Å². The zero-order chi connectivity index (χ0) is 14.4. The van der Waals surface area contributed by atoms with E-state index in [1.54, 1.807) is 0 Å². The van der Waals surface area contributed by atoms with Gasteiger partial charge in [0.05, 0.1) is 22.9 Å². The van der Waals surface area contributed by atoms with Gasteiger partial charge in [-0.3, -0.25) is 9.78 Å². The maximum atomic E-state index is 12.6. The Balaban J connectivity index is 1.77. The molecule has 1 aliphatic carbocycles. The molecule has 7 heteroatoms. The van der Waals surface area contributed by atoms with E-state index in [9.17, 15) is 18.0 Å². The monoisotopic (exact) mass is 285 g/mol. The van der Waals surface area contributed by atoms with Crippen molar-refractivity contribution in [3.63, 3.8) is 0 Å². The van der Waals surface area contributed by atoms with Gasteiger partial charge < -0.3 is 10.6 Å². The fourth-order valence-electron chi connectivity index (χ4n) is 2.99. The lowest BCUT2D eigenvalue weighted by Crippen LogP contribution is -2.49. The summed E-state index contributed by atoms with van der Waals surface area (Å²) in [5.74, 6) is 0.0844. The Morgan fingerprint density at radius 2 is 2.25 bits per heavy atom. The minimum absolute atomic E-state index is 0.0942. The number of hydrogen-bond donors (Lipinski definition) is 2. The fraction of sp³-hybridized carbons (Fsp3) is 0.538. The number of hydrogen-bond acceptors (Lipinski definition) is 3. The number of aromatic nitrogens is 1. The molecular formula is C13H14F3N3O. The molecule has 1 aromatic rings. The second-order valence-corrected chi connectivity index (χ2v) is 5.44. The number of nitrogens with one attached hydrogen (secondary N) is 2. The first-order valence-corrected chi connectivity index (χ1v) is 6.46. The average molecular weight is 285 g/mol. The molecule has 1 aliphatic heterocycles. The van der Waals surface area contributed by atoms with Crippen LogP contribution < -0.4 is 10.6 Å². The van der Waals surface area contributed by atoms with Crippen molar-refractivity contribution in [2.75, 3.05) is 18.4 Å². The van der Waals surface area contributed by atoms with Gasteiger partial charge >= 0.3 is 6.18 Å². The number of halogens is 3. The molecule has 0 bridgehead atoms. The van der Waals surface area contributed by atoms with Crippen LogP contribution in [0.15, 0.2) is 18.5 Å². The molecule has 3 rings (SSSR count). The van der Waals surface area contributed by atoms with Gasteiger partial charge in [-0.25, -0.2) is 0 Å². The molecule has 0 aromatic carbocycles. The molecule has 2 heterocycles. The van der Waals surface area contributed by atoms with E-state index >= 15 is 0 Å². The van der Waals surface area contributed by atoms with Gasteiger partial charge in [0.1, 0.15) is 0 Å². The summed E-state index contributed by atoms with van der Waals surface area (Å²) in [7, 11) is 0. The molecule has 4 nitrogen and oxygen atoms in total. The Bertz CT molecular complexity index is 546. The first-order valence-electron chi connectivity index (χ1n) is 6.46. The highest BCUT2D eigenvalue weighted by atomic mass is 19.4. The van der Waals surface area contributed by atoms with Gasteiger partial charge in [-0.2, -0.15) is 13.2 Å². The maximum Gasteiger partial charge on any atom is 0.417 e. The number of fused-ring (bicyclic) bond motifs is 1. The van der Waals surface area contributed by atoms with Gasteiger partial charge in [0, 0.05) is 12.7 Å². The van der Waals surface area contributed by atoms with Gasteiger partial charge in [0.25, 0.3) is 0 Å². The van der Waals surface area contributed by atoms with E-state index in [2.05, 4.69) is 15.6 Å². The molecule has 2 N–H and O–H groups in total. The number of pyridine rings is 1. The smallest absolute Gasteiger partial charge is 0.324 e. The van der Waals surface area contributed by atoms with E-state index in [1.807, 2.05) is 0 Å². The van der Waals surface area contributed by atoms with E-state index in [0.29, 0.717) is 12.5 Å². The van der Waals surface area contributed by atoms with Crippen LogP contribution in [0.3, 0.4) is 0 Å². The molecule has 1 amide bonds. The van der Waals surface area contributed by atoms with Crippen molar-refractivity contribution in [3.8, 4) is 0 Å². The van der Waals surface area contributed by atoms with Gasteiger partial charge in [-0.1, -0.05) is 0 Å². The van der Waals surface area contributed by atoms with Crippen molar-refractivity contribution >= 4 is 11.6 Å². The third-order valence-corrected chi connectivity index (χ3v) is 4.33. The molecule has 1 aromatic heterocycles. The summed E-state index contributed by atoms with van der Waals surface area (Å²) in [6, 6.07) is 0.914. The van der Waals surface area contributed by atoms with Crippen LogP contribution in [0.2, 0.25) is 0 Å². The van der Waals surface area contributed by atoms with E-state index in [4.69, 9.17) is 0 Å². The van der Waals surface area contributed by atoms with Crippen LogP contribution in [0.5, 0.6) is 0 Å². The number of nitrogens with zero attached hydrogens (tertiary/aromatic N) is 1. The molecule has 2 aliphatic rings. The summed E-state index contributed by atoms with van der Waals surface area (Å²) >= 11 is 0. The van der Waals surface area contributed by atoms with Crippen LogP contribution in [0.4, 0.5) is 18.9 Å². The van der Waals surface area contributed by atoms with Crippen LogP contribution in [0.1, 0.15) is 18.4 Å². The summed E-state index contributed by atoms with van der Waals surface area (Å²) in [6.07, 6.45) is -0.707. The second-order valence-electron chi connectivity index (χ2n) is 5.44. The number of carbonyl (C=O) groups excluding carboxylic acids is 1. The highest BCUT2D eigenvalue weighted by molar-refractivity contribution is 5.96. The number of amides is 1. The van der Waals surface area contributed by atoms with Crippen molar-refractivity contribution in [2.45, 2.75) is 19.0 Å². The second kappa shape index (κ2) is 4.44. The lowest BCUT2D eigenvalue weighted by molar-refractivity contribution is -0.138. The lowest BCUT2D eigenvalue weighted by atomic mass is 9.61. The van der Waals surface area contributed by atoms with Crippen molar-refractivity contribution in [1.82, 2.24) is 10.3 Å². The molecule has 108 valence electrons. The van der Waals surface area contributed by atoms with Crippen molar-refractivity contribution in [1.29, 1.82) is 0 Å². The van der Waals surface area contributed by atoms with Gasteiger partial charge in [-0.05, 0) is 31.4 Å². The summed E-state index contributed by atoms with van der Waals surface area (Å²) in [5, 5.41) is 5.75. The largest absolute Gasteiger partial charge is 0.417 e. The normalized spacial score (nSPS) is 28.6. The molecule has 1 saturated carbocycles. The predicted octanol–water partition coefficient (Wildman–Crippen LogP) is 2.04. The molecule has 1 saturated heterocycles. The topological polar surface area (TPSA) is 54.0 Å². The molecular weight excluding hydrogens is 271 g/mol. The van der Waals surface area contributed by atoms with Crippen molar-refractivity contribution < 1.29 is 18.0 Å². The minimum atomic E-state index is -4.46. The average Bonchev–Trinajstić information content (AvgIpc) is 2.65. The lowest BCUT2D eigenvalue weighted by Gasteiger charge is -2.42. The van der Waals surface area contributed by atoms with Crippen LogP contribution in [0.25, 0.3) is 0 Å². The highest BCUT2D eigenvalue weighted by Crippen LogP contribution is 2.49. The minimum Gasteiger partial charge on any atom is -0.324 e. The third-order valence-electron chi connectivity index (χ3n) is 4.33. The Hall–Kier alpha value is -1.63. The molecule has 2 fully saturated rings. The summed E-state index contributed by atoms with van der Waals surface area (Å²) in [4.78, 5) is 15.8. The summed E-state index contributed by atoms with van der Waals surface area (Å²) in [6.45, 7) is 1.39. The van der Waals surface area contributed by atoms with Gasteiger partial charge in [-0.15, -0.1) is 0 Å². The summed E-state index contributed by atoms with van der Waals surface area (Å²) < 4.78 is 37.8. The van der Waals surface area contributed by atoms with Crippen molar-refractivity contribution in [2.24, 2.45) is 11.3 Å². The highest BCUT2D eigenvalue weighted by Gasteiger charge is 2.55. The molecule has 0 spiro atoms. The summed E-state index contributed by atoms with van der Waals surface area (Å²) in [5.41, 5.74) is -1.21. The Labute approximate surface area is 113 Å². The van der Waals surface area contributed by atoms with Gasteiger partial charge in [0.2, 0.25) is 5.91 Å². The first-order chi connectivity index (χ1) is 9.42. The van der Waals surface area contributed by atoms with E-state index in [-0.39, 0.29) is 11.6 Å². The van der Waals surface area contributed by atoms with E-state index < -0.39 is 17.2 Å². The Kier molecular flexibility index (Phi) is 2.97. The zero-order valence-electron chi connectivity index (χ0n) is 10.6. The zero-order valence-corrected chi connectivity index (χ0v) is 10.6. The van der Waals surface area contributed by atoms with E-state index in [1.165, 1.54) is 6.20 Å². The van der Waals surface area contributed by atoms with Crippen LogP contribution in [-0.2, 0) is 11.0 Å². The maximum absolute atomic E-state index is 12.6.